The molecule has 0 aliphatic rings. The van der Waals surface area contributed by atoms with E-state index in [1.54, 1.807) is 11.3 Å². The summed E-state index contributed by atoms with van der Waals surface area (Å²) in [7, 11) is 4.09. The number of anilines is 1. The van der Waals surface area contributed by atoms with Crippen LogP contribution in [0.2, 0.25) is 0 Å². The molecule has 1 aromatic carbocycles. The first-order chi connectivity index (χ1) is 8.61. The third-order valence-corrected chi connectivity index (χ3v) is 3.89. The van der Waals surface area contributed by atoms with Gasteiger partial charge in [-0.25, -0.2) is 4.98 Å². The summed E-state index contributed by atoms with van der Waals surface area (Å²) in [5, 5.41) is 1.13. The predicted octanol–water partition coefficient (Wildman–Crippen LogP) is 2.69. The molecule has 0 aliphatic heterocycles. The lowest BCUT2D eigenvalue weighted by atomic mass is 10.1. The first kappa shape index (κ1) is 13.1. The quantitative estimate of drug-likeness (QED) is 0.920. The first-order valence-corrected chi connectivity index (χ1v) is 6.87. The monoisotopic (exact) mass is 261 g/mol. The van der Waals surface area contributed by atoms with Gasteiger partial charge in [-0.05, 0) is 25.6 Å². The SMILES string of the molecule is Cc1sc(CCN)nc1-c1ccc(N(C)C)cc1. The van der Waals surface area contributed by atoms with Crippen LogP contribution in [0.5, 0.6) is 0 Å². The minimum atomic E-state index is 0.659. The lowest BCUT2D eigenvalue weighted by Crippen LogP contribution is -2.07. The molecule has 4 heteroatoms. The molecule has 96 valence electrons. The number of nitrogens with zero attached hydrogens (tertiary/aromatic N) is 2. The highest BCUT2D eigenvalue weighted by Gasteiger charge is 2.09. The number of aromatic nitrogens is 1. The number of benzene rings is 1. The van der Waals surface area contributed by atoms with E-state index in [4.69, 9.17) is 5.73 Å². The summed E-state index contributed by atoms with van der Waals surface area (Å²) in [4.78, 5) is 8.02. The van der Waals surface area contributed by atoms with Gasteiger partial charge in [-0.15, -0.1) is 11.3 Å². The molecular weight excluding hydrogens is 242 g/mol. The standard InChI is InChI=1S/C14H19N3S/c1-10-14(16-13(18-10)8-9-15)11-4-6-12(7-5-11)17(2)3/h4-7H,8-9,15H2,1-3H3. The molecule has 2 N–H and O–H groups in total. The van der Waals surface area contributed by atoms with Gasteiger partial charge in [-0.3, -0.25) is 0 Å². The number of thiazole rings is 1. The van der Waals surface area contributed by atoms with E-state index < -0.39 is 0 Å². The zero-order valence-corrected chi connectivity index (χ0v) is 11.9. The van der Waals surface area contributed by atoms with Crippen molar-refractivity contribution >= 4 is 17.0 Å². The molecule has 18 heavy (non-hydrogen) atoms. The van der Waals surface area contributed by atoms with E-state index >= 15 is 0 Å². The molecule has 0 bridgehead atoms. The lowest BCUT2D eigenvalue weighted by molar-refractivity contribution is 0.954. The highest BCUT2D eigenvalue weighted by molar-refractivity contribution is 7.12. The average molecular weight is 261 g/mol. The van der Waals surface area contributed by atoms with Crippen LogP contribution in [0, 0.1) is 6.92 Å². The van der Waals surface area contributed by atoms with E-state index in [0.29, 0.717) is 6.54 Å². The predicted molar refractivity (Wildman–Crippen MR) is 79.4 cm³/mol. The van der Waals surface area contributed by atoms with Gasteiger partial charge < -0.3 is 10.6 Å². The van der Waals surface area contributed by atoms with Crippen LogP contribution in [-0.2, 0) is 6.42 Å². The molecule has 1 aromatic heterocycles. The maximum absolute atomic E-state index is 5.57. The molecule has 0 fully saturated rings. The van der Waals surface area contributed by atoms with Gasteiger partial charge in [0, 0.05) is 36.6 Å². The number of rotatable bonds is 4. The summed E-state index contributed by atoms with van der Waals surface area (Å²) in [5.41, 5.74) is 9.05. The second kappa shape index (κ2) is 5.50. The Morgan fingerprint density at radius 3 is 2.44 bits per heavy atom. The Balaban J connectivity index is 2.30. The fourth-order valence-corrected chi connectivity index (χ4v) is 2.84. The smallest absolute Gasteiger partial charge is 0.0947 e. The Morgan fingerprint density at radius 1 is 1.22 bits per heavy atom. The van der Waals surface area contributed by atoms with Gasteiger partial charge in [0.1, 0.15) is 0 Å². The third kappa shape index (κ3) is 2.71. The summed E-state index contributed by atoms with van der Waals surface area (Å²) in [6.45, 7) is 2.78. The maximum atomic E-state index is 5.57. The van der Waals surface area contributed by atoms with Crippen LogP contribution in [-0.4, -0.2) is 25.6 Å². The fraction of sp³-hybridized carbons (Fsp3) is 0.357. The van der Waals surface area contributed by atoms with Crippen molar-refractivity contribution in [2.45, 2.75) is 13.3 Å². The largest absolute Gasteiger partial charge is 0.378 e. The first-order valence-electron chi connectivity index (χ1n) is 6.06. The van der Waals surface area contributed by atoms with Crippen molar-refractivity contribution in [1.29, 1.82) is 0 Å². The van der Waals surface area contributed by atoms with Crippen LogP contribution in [0.1, 0.15) is 9.88 Å². The van der Waals surface area contributed by atoms with E-state index in [0.717, 1.165) is 17.1 Å². The topological polar surface area (TPSA) is 42.1 Å². The van der Waals surface area contributed by atoms with Gasteiger partial charge in [-0.1, -0.05) is 12.1 Å². The summed E-state index contributed by atoms with van der Waals surface area (Å²) in [5.74, 6) is 0. The highest BCUT2D eigenvalue weighted by Crippen LogP contribution is 2.28. The molecule has 0 radical (unpaired) electrons. The molecule has 0 spiro atoms. The minimum absolute atomic E-state index is 0.659. The van der Waals surface area contributed by atoms with Gasteiger partial charge in [-0.2, -0.15) is 0 Å². The maximum Gasteiger partial charge on any atom is 0.0947 e. The molecule has 2 aromatic rings. The second-order valence-corrected chi connectivity index (χ2v) is 5.78. The Kier molecular flexibility index (Phi) is 3.99. The van der Waals surface area contributed by atoms with Gasteiger partial charge in [0.05, 0.1) is 10.7 Å². The van der Waals surface area contributed by atoms with Crippen molar-refractivity contribution in [3.05, 3.63) is 34.2 Å². The fourth-order valence-electron chi connectivity index (χ4n) is 1.87. The van der Waals surface area contributed by atoms with Gasteiger partial charge in [0.2, 0.25) is 0 Å². The lowest BCUT2D eigenvalue weighted by Gasteiger charge is -2.12. The van der Waals surface area contributed by atoms with Crippen LogP contribution >= 0.6 is 11.3 Å². The number of hydrogen-bond acceptors (Lipinski definition) is 4. The number of hydrogen-bond donors (Lipinski definition) is 1. The zero-order valence-electron chi connectivity index (χ0n) is 11.1. The zero-order chi connectivity index (χ0) is 13.1. The van der Waals surface area contributed by atoms with Gasteiger partial charge in [0.15, 0.2) is 0 Å². The average Bonchev–Trinajstić information content (AvgIpc) is 2.71. The van der Waals surface area contributed by atoms with Crippen molar-refractivity contribution < 1.29 is 0 Å². The Labute approximate surface area is 112 Å². The summed E-state index contributed by atoms with van der Waals surface area (Å²) < 4.78 is 0. The molecule has 0 atom stereocenters. The van der Waals surface area contributed by atoms with E-state index in [2.05, 4.69) is 41.1 Å². The Bertz CT molecular complexity index is 514. The minimum Gasteiger partial charge on any atom is -0.378 e. The van der Waals surface area contributed by atoms with Crippen molar-refractivity contribution in [2.24, 2.45) is 5.73 Å². The van der Waals surface area contributed by atoms with Crippen LogP contribution in [0.15, 0.2) is 24.3 Å². The van der Waals surface area contributed by atoms with E-state index in [1.807, 2.05) is 14.1 Å². The number of nitrogens with two attached hydrogens (primary N) is 1. The molecule has 0 amide bonds. The van der Waals surface area contributed by atoms with E-state index in [1.165, 1.54) is 16.1 Å². The van der Waals surface area contributed by atoms with Crippen molar-refractivity contribution in [1.82, 2.24) is 4.98 Å². The van der Waals surface area contributed by atoms with Crippen LogP contribution in [0.4, 0.5) is 5.69 Å². The normalized spacial score (nSPS) is 10.7. The van der Waals surface area contributed by atoms with Gasteiger partial charge >= 0.3 is 0 Å². The van der Waals surface area contributed by atoms with E-state index in [-0.39, 0.29) is 0 Å². The Hall–Kier alpha value is -1.39. The highest BCUT2D eigenvalue weighted by atomic mass is 32.1. The number of aryl methyl sites for hydroxylation is 1. The van der Waals surface area contributed by atoms with Crippen molar-refractivity contribution in [3.8, 4) is 11.3 Å². The molecule has 1 heterocycles. The van der Waals surface area contributed by atoms with Crippen molar-refractivity contribution in [3.63, 3.8) is 0 Å². The summed E-state index contributed by atoms with van der Waals surface area (Å²) >= 11 is 1.74. The van der Waals surface area contributed by atoms with Crippen molar-refractivity contribution in [2.75, 3.05) is 25.5 Å². The summed E-state index contributed by atoms with van der Waals surface area (Å²) in [6.07, 6.45) is 0.862. The Morgan fingerprint density at radius 2 is 1.89 bits per heavy atom. The van der Waals surface area contributed by atoms with E-state index in [9.17, 15) is 0 Å². The molecule has 0 unspecified atom stereocenters. The van der Waals surface area contributed by atoms with Crippen LogP contribution < -0.4 is 10.6 Å². The molecule has 2 rings (SSSR count). The third-order valence-electron chi connectivity index (χ3n) is 2.86. The molecule has 0 saturated carbocycles. The molecule has 3 nitrogen and oxygen atoms in total. The molecular formula is C14H19N3S. The van der Waals surface area contributed by atoms with Crippen LogP contribution in [0.25, 0.3) is 11.3 Å². The summed E-state index contributed by atoms with van der Waals surface area (Å²) in [6, 6.07) is 8.50. The van der Waals surface area contributed by atoms with Crippen LogP contribution in [0.3, 0.4) is 0 Å². The molecule has 0 aliphatic carbocycles. The second-order valence-electron chi connectivity index (χ2n) is 4.49. The molecule has 0 saturated heterocycles. The van der Waals surface area contributed by atoms with Gasteiger partial charge in [0.25, 0.3) is 0 Å².